The molecule has 2 N–H and O–H groups in total. The maximum atomic E-state index is 12.5. The Kier molecular flexibility index (Phi) is 2.95. The molecule has 23 heavy (non-hydrogen) atoms. The Morgan fingerprint density at radius 1 is 1.09 bits per heavy atom. The van der Waals surface area contributed by atoms with Crippen LogP contribution in [0, 0.1) is 28.1 Å². The van der Waals surface area contributed by atoms with Gasteiger partial charge >= 0.3 is 0 Å². The number of carbonyl (C=O) groups excluding carboxylic acids is 1. The fourth-order valence-electron chi connectivity index (χ4n) is 7.39. The van der Waals surface area contributed by atoms with Crippen molar-refractivity contribution in [1.29, 1.82) is 0 Å². The molecule has 0 aromatic rings. The number of aliphatic hydroxyl groups excluding tert-OH is 1. The van der Waals surface area contributed by atoms with Crippen molar-refractivity contribution in [2.24, 2.45) is 28.1 Å². The van der Waals surface area contributed by atoms with Crippen molar-refractivity contribution >= 4 is 5.78 Å². The molecule has 0 radical (unpaired) electrons. The van der Waals surface area contributed by atoms with E-state index in [0.717, 1.165) is 25.7 Å². The van der Waals surface area contributed by atoms with E-state index in [0.29, 0.717) is 42.5 Å². The van der Waals surface area contributed by atoms with Crippen LogP contribution in [-0.4, -0.2) is 27.7 Å². The van der Waals surface area contributed by atoms with Gasteiger partial charge in [0.05, 0.1) is 11.7 Å². The number of ketones is 1. The third-order valence-electron chi connectivity index (χ3n) is 8.61. The molecule has 6 atom stereocenters. The molecule has 128 valence electrons. The number of rotatable bonds is 0. The van der Waals surface area contributed by atoms with E-state index in [1.54, 1.807) is 0 Å². The summed E-state index contributed by atoms with van der Waals surface area (Å²) in [5.74, 6) is 1.18. The van der Waals surface area contributed by atoms with Crippen LogP contribution in [0.5, 0.6) is 0 Å². The number of carbonyl (C=O) groups is 1. The van der Waals surface area contributed by atoms with Crippen LogP contribution < -0.4 is 0 Å². The SMILES string of the molecule is C=C1C(O)C23CCC4C(C)(C)C(=O)CCC4(C)C2CCC1(O)C3. The van der Waals surface area contributed by atoms with E-state index in [9.17, 15) is 15.0 Å². The summed E-state index contributed by atoms with van der Waals surface area (Å²) in [5, 5.41) is 21.9. The molecular formula is C20H30O3. The van der Waals surface area contributed by atoms with Gasteiger partial charge < -0.3 is 10.2 Å². The third kappa shape index (κ3) is 1.66. The normalized spacial score (nSPS) is 54.6. The first-order chi connectivity index (χ1) is 10.6. The van der Waals surface area contributed by atoms with Crippen molar-refractivity contribution in [2.45, 2.75) is 77.4 Å². The molecule has 6 unspecified atom stereocenters. The van der Waals surface area contributed by atoms with Gasteiger partial charge in [0.25, 0.3) is 0 Å². The summed E-state index contributed by atoms with van der Waals surface area (Å²) in [7, 11) is 0. The first-order valence-corrected chi connectivity index (χ1v) is 9.21. The summed E-state index contributed by atoms with van der Waals surface area (Å²) in [5.41, 5.74) is -0.607. The van der Waals surface area contributed by atoms with Crippen LogP contribution in [0.15, 0.2) is 12.2 Å². The second kappa shape index (κ2) is 4.29. The average molecular weight is 318 g/mol. The van der Waals surface area contributed by atoms with Gasteiger partial charge in [-0.25, -0.2) is 0 Å². The molecule has 0 aromatic carbocycles. The maximum absolute atomic E-state index is 12.5. The van der Waals surface area contributed by atoms with Crippen LogP contribution in [0.4, 0.5) is 0 Å². The van der Waals surface area contributed by atoms with Gasteiger partial charge in [0, 0.05) is 17.3 Å². The smallest absolute Gasteiger partial charge is 0.138 e. The molecule has 3 heteroatoms. The van der Waals surface area contributed by atoms with Crippen LogP contribution in [-0.2, 0) is 4.79 Å². The molecule has 4 rings (SSSR count). The summed E-state index contributed by atoms with van der Waals surface area (Å²) in [6.07, 6.45) is 5.23. The number of hydrogen-bond acceptors (Lipinski definition) is 3. The van der Waals surface area contributed by atoms with E-state index in [1.807, 2.05) is 0 Å². The number of aliphatic hydroxyl groups is 2. The summed E-state index contributed by atoms with van der Waals surface area (Å²) < 4.78 is 0. The second-order valence-electron chi connectivity index (χ2n) is 9.70. The molecule has 0 aromatic heterocycles. The predicted octanol–water partition coefficient (Wildman–Crippen LogP) is 3.24. The largest absolute Gasteiger partial charge is 0.388 e. The molecule has 3 nitrogen and oxygen atoms in total. The Bertz CT molecular complexity index is 594. The number of hydrogen-bond donors (Lipinski definition) is 2. The summed E-state index contributed by atoms with van der Waals surface area (Å²) in [6, 6.07) is 0. The molecule has 4 aliphatic carbocycles. The van der Waals surface area contributed by atoms with Crippen LogP contribution in [0.1, 0.15) is 65.7 Å². The summed E-state index contributed by atoms with van der Waals surface area (Å²) in [4.78, 5) is 12.5. The van der Waals surface area contributed by atoms with Crippen LogP contribution in [0.25, 0.3) is 0 Å². The number of fused-ring (bicyclic) bond motifs is 3. The van der Waals surface area contributed by atoms with Crippen molar-refractivity contribution in [3.63, 3.8) is 0 Å². The van der Waals surface area contributed by atoms with Gasteiger partial charge in [-0.1, -0.05) is 27.4 Å². The van der Waals surface area contributed by atoms with E-state index in [4.69, 9.17) is 0 Å². The van der Waals surface area contributed by atoms with Crippen molar-refractivity contribution in [3.8, 4) is 0 Å². The standard InChI is InChI=1S/C20H30O3/c1-12-16(22)19-9-5-13-17(2,3)15(21)7-8-18(13,4)14(19)6-10-20(12,23)11-19/h13-14,16,22-23H,1,5-11H2,2-4H3. The molecule has 4 saturated carbocycles. The second-order valence-corrected chi connectivity index (χ2v) is 9.70. The van der Waals surface area contributed by atoms with Crippen molar-refractivity contribution in [2.75, 3.05) is 0 Å². The molecule has 0 saturated heterocycles. The Morgan fingerprint density at radius 3 is 2.43 bits per heavy atom. The van der Waals surface area contributed by atoms with Gasteiger partial charge in [0.2, 0.25) is 0 Å². The predicted molar refractivity (Wildman–Crippen MR) is 88.7 cm³/mol. The van der Waals surface area contributed by atoms with E-state index >= 15 is 0 Å². The Balaban J connectivity index is 1.80. The zero-order valence-corrected chi connectivity index (χ0v) is 14.7. The minimum absolute atomic E-state index is 0.0859. The van der Waals surface area contributed by atoms with Gasteiger partial charge in [-0.15, -0.1) is 0 Å². The summed E-state index contributed by atoms with van der Waals surface area (Å²) >= 11 is 0. The highest BCUT2D eigenvalue weighted by Crippen LogP contribution is 2.72. The van der Waals surface area contributed by atoms with Gasteiger partial charge in [0.15, 0.2) is 0 Å². The van der Waals surface area contributed by atoms with Gasteiger partial charge in [0.1, 0.15) is 5.78 Å². The highest BCUT2D eigenvalue weighted by molar-refractivity contribution is 5.85. The average Bonchev–Trinajstić information content (AvgIpc) is 2.61. The molecule has 1 spiro atoms. The molecule has 4 aliphatic rings. The minimum Gasteiger partial charge on any atom is -0.388 e. The lowest BCUT2D eigenvalue weighted by atomic mass is 9.40. The van der Waals surface area contributed by atoms with Gasteiger partial charge in [-0.3, -0.25) is 4.79 Å². The third-order valence-corrected chi connectivity index (χ3v) is 8.61. The van der Waals surface area contributed by atoms with Crippen molar-refractivity contribution in [1.82, 2.24) is 0 Å². The van der Waals surface area contributed by atoms with E-state index in [2.05, 4.69) is 27.4 Å². The molecule has 0 amide bonds. The minimum atomic E-state index is -0.862. The molecule has 2 bridgehead atoms. The lowest BCUT2D eigenvalue weighted by Crippen LogP contribution is -2.60. The first-order valence-electron chi connectivity index (χ1n) is 9.21. The molecule has 4 fully saturated rings. The molecular weight excluding hydrogens is 288 g/mol. The Labute approximate surface area is 139 Å². The highest BCUT2D eigenvalue weighted by atomic mass is 16.3. The quantitative estimate of drug-likeness (QED) is 0.674. The topological polar surface area (TPSA) is 57.5 Å². The summed E-state index contributed by atoms with van der Waals surface area (Å²) in [6.45, 7) is 10.7. The van der Waals surface area contributed by atoms with Crippen LogP contribution >= 0.6 is 0 Å². The zero-order valence-electron chi connectivity index (χ0n) is 14.7. The van der Waals surface area contributed by atoms with E-state index in [-0.39, 0.29) is 16.2 Å². The van der Waals surface area contributed by atoms with E-state index < -0.39 is 11.7 Å². The maximum Gasteiger partial charge on any atom is 0.138 e. The lowest BCUT2D eigenvalue weighted by molar-refractivity contribution is -0.183. The zero-order chi connectivity index (χ0) is 16.8. The fraction of sp³-hybridized carbons (Fsp3) is 0.850. The molecule has 0 aliphatic heterocycles. The number of Topliss-reactive ketones (excluding diaryl/α,β-unsaturated/α-hetero) is 1. The highest BCUT2D eigenvalue weighted by Gasteiger charge is 2.70. The van der Waals surface area contributed by atoms with Crippen molar-refractivity contribution < 1.29 is 15.0 Å². The van der Waals surface area contributed by atoms with Gasteiger partial charge in [-0.2, -0.15) is 0 Å². The van der Waals surface area contributed by atoms with Crippen LogP contribution in [0.2, 0.25) is 0 Å². The van der Waals surface area contributed by atoms with Crippen molar-refractivity contribution in [3.05, 3.63) is 12.2 Å². The van der Waals surface area contributed by atoms with Gasteiger partial charge in [-0.05, 0) is 61.3 Å². The molecule has 0 heterocycles. The lowest BCUT2D eigenvalue weighted by Gasteiger charge is -2.63. The van der Waals surface area contributed by atoms with E-state index in [1.165, 1.54) is 0 Å². The monoisotopic (exact) mass is 318 g/mol. The Hall–Kier alpha value is -0.670. The van der Waals surface area contributed by atoms with Crippen LogP contribution in [0.3, 0.4) is 0 Å². The first kappa shape index (κ1) is 15.8. The Morgan fingerprint density at radius 2 is 1.74 bits per heavy atom. The fourth-order valence-corrected chi connectivity index (χ4v) is 7.39.